The van der Waals surface area contributed by atoms with E-state index in [-0.39, 0.29) is 6.42 Å². The average Bonchev–Trinajstić information content (AvgIpc) is 2.52. The predicted molar refractivity (Wildman–Crippen MR) is 97.4 cm³/mol. The first kappa shape index (κ1) is 21.4. The van der Waals surface area contributed by atoms with Crippen molar-refractivity contribution in [2.45, 2.75) is 70.8 Å². The second-order valence-corrected chi connectivity index (χ2v) is 5.58. The Morgan fingerprint density at radius 1 is 0.957 bits per heavy atom. The summed E-state index contributed by atoms with van der Waals surface area (Å²) in [5.74, 6) is -0.738. The lowest BCUT2D eigenvalue weighted by Crippen LogP contribution is -1.98. The Morgan fingerprint density at radius 3 is 2.43 bits per heavy atom. The number of carboxylic acid groups (broad SMARTS) is 1. The molecule has 0 saturated carbocycles. The highest BCUT2D eigenvalue weighted by molar-refractivity contribution is 5.66. The first-order valence-corrected chi connectivity index (χ1v) is 8.70. The van der Waals surface area contributed by atoms with Gasteiger partial charge in [-0.05, 0) is 38.5 Å². The summed E-state index contributed by atoms with van der Waals surface area (Å²) in [5, 5.41) is 18.3. The van der Waals surface area contributed by atoms with Gasteiger partial charge in [-0.25, -0.2) is 0 Å². The van der Waals surface area contributed by atoms with Crippen LogP contribution in [0.4, 0.5) is 0 Å². The van der Waals surface area contributed by atoms with Gasteiger partial charge in [-0.15, -0.1) is 0 Å². The fraction of sp³-hybridized carbons (Fsp3) is 0.550. The molecule has 3 nitrogen and oxygen atoms in total. The number of hydrogen-bond acceptors (Lipinski definition) is 2. The van der Waals surface area contributed by atoms with Crippen LogP contribution in [0.5, 0.6) is 0 Å². The summed E-state index contributed by atoms with van der Waals surface area (Å²) in [6.07, 6.45) is 23.5. The largest absolute Gasteiger partial charge is 0.481 e. The third-order valence-electron chi connectivity index (χ3n) is 3.30. The zero-order valence-electron chi connectivity index (χ0n) is 14.4. The molecule has 1 atom stereocenters. The van der Waals surface area contributed by atoms with Crippen molar-refractivity contribution >= 4 is 5.97 Å². The van der Waals surface area contributed by atoms with Crippen LogP contribution in [0, 0.1) is 0 Å². The summed E-state index contributed by atoms with van der Waals surface area (Å²) in [6, 6.07) is 0. The van der Waals surface area contributed by atoms with E-state index in [0.29, 0.717) is 12.8 Å². The smallest absolute Gasteiger partial charge is 0.303 e. The molecule has 0 aromatic rings. The molecule has 3 heteroatoms. The van der Waals surface area contributed by atoms with Crippen molar-refractivity contribution in [3.05, 3.63) is 48.6 Å². The SMILES string of the molecule is CCCCC/C=C\C[C@H](O)/C=C/C=C\C/C=C\CCCC(=O)O. The van der Waals surface area contributed by atoms with Crippen molar-refractivity contribution in [1.82, 2.24) is 0 Å². The molecule has 0 heterocycles. The third-order valence-corrected chi connectivity index (χ3v) is 3.30. The molecule has 2 N–H and O–H groups in total. The Morgan fingerprint density at radius 2 is 1.70 bits per heavy atom. The standard InChI is InChI=1S/C20H32O3/c1-2-3-4-5-10-13-16-19(21)17-14-11-8-6-7-9-12-15-18-20(22)23/h7-11,13-14,17,19,21H,2-6,12,15-16,18H2,1H3,(H,22,23)/b9-7-,11-8-,13-10-,17-14+/t19-/m0/s1. The van der Waals surface area contributed by atoms with Gasteiger partial charge in [0.15, 0.2) is 0 Å². The van der Waals surface area contributed by atoms with E-state index in [2.05, 4.69) is 13.0 Å². The minimum atomic E-state index is -0.738. The van der Waals surface area contributed by atoms with E-state index in [4.69, 9.17) is 5.11 Å². The first-order chi connectivity index (χ1) is 11.2. The number of carboxylic acids is 1. The van der Waals surface area contributed by atoms with Gasteiger partial charge in [-0.3, -0.25) is 4.79 Å². The summed E-state index contributed by atoms with van der Waals surface area (Å²) >= 11 is 0. The van der Waals surface area contributed by atoms with Gasteiger partial charge < -0.3 is 10.2 Å². The van der Waals surface area contributed by atoms with Gasteiger partial charge in [0.1, 0.15) is 0 Å². The second-order valence-electron chi connectivity index (χ2n) is 5.58. The molecule has 0 unspecified atom stereocenters. The summed E-state index contributed by atoms with van der Waals surface area (Å²) in [5.41, 5.74) is 0. The number of rotatable bonds is 14. The lowest BCUT2D eigenvalue weighted by molar-refractivity contribution is -0.137. The molecule has 0 aromatic carbocycles. The summed E-state index contributed by atoms with van der Waals surface area (Å²) in [6.45, 7) is 2.20. The molecule has 0 aliphatic carbocycles. The lowest BCUT2D eigenvalue weighted by Gasteiger charge is -1.99. The maximum absolute atomic E-state index is 10.3. The maximum Gasteiger partial charge on any atom is 0.303 e. The Labute approximate surface area is 141 Å². The van der Waals surface area contributed by atoms with Crippen LogP contribution in [0.1, 0.15) is 64.7 Å². The molecular weight excluding hydrogens is 288 g/mol. The van der Waals surface area contributed by atoms with E-state index >= 15 is 0 Å². The van der Waals surface area contributed by atoms with Gasteiger partial charge in [0.25, 0.3) is 0 Å². The zero-order valence-corrected chi connectivity index (χ0v) is 14.4. The highest BCUT2D eigenvalue weighted by Gasteiger charge is 1.93. The summed E-state index contributed by atoms with van der Waals surface area (Å²) < 4.78 is 0. The number of unbranched alkanes of at least 4 members (excludes halogenated alkanes) is 4. The van der Waals surface area contributed by atoms with Crippen LogP contribution >= 0.6 is 0 Å². The van der Waals surface area contributed by atoms with E-state index in [1.165, 1.54) is 19.3 Å². The molecule has 0 bridgehead atoms. The van der Waals surface area contributed by atoms with E-state index in [1.807, 2.05) is 36.5 Å². The predicted octanol–water partition coefficient (Wildman–Crippen LogP) is 5.19. The van der Waals surface area contributed by atoms with Gasteiger partial charge in [-0.1, -0.05) is 68.4 Å². The molecule has 0 spiro atoms. The van der Waals surface area contributed by atoms with Gasteiger partial charge in [0.05, 0.1) is 6.10 Å². The number of aliphatic hydroxyl groups is 1. The average molecular weight is 320 g/mol. The second kappa shape index (κ2) is 16.8. The number of aliphatic hydroxyl groups excluding tert-OH is 1. The summed E-state index contributed by atoms with van der Waals surface area (Å²) in [4.78, 5) is 10.3. The molecular formula is C20H32O3. The fourth-order valence-corrected chi connectivity index (χ4v) is 1.96. The highest BCUT2D eigenvalue weighted by Crippen LogP contribution is 2.02. The first-order valence-electron chi connectivity index (χ1n) is 8.70. The number of hydrogen-bond donors (Lipinski definition) is 2. The van der Waals surface area contributed by atoms with Crippen LogP contribution in [0.15, 0.2) is 48.6 Å². The quantitative estimate of drug-likeness (QED) is 0.263. The van der Waals surface area contributed by atoms with Crippen LogP contribution in [-0.4, -0.2) is 22.3 Å². The fourth-order valence-electron chi connectivity index (χ4n) is 1.96. The molecule has 23 heavy (non-hydrogen) atoms. The highest BCUT2D eigenvalue weighted by atomic mass is 16.4. The number of carbonyl (C=O) groups is 1. The van der Waals surface area contributed by atoms with Gasteiger partial charge in [0, 0.05) is 6.42 Å². The number of allylic oxidation sites excluding steroid dienone is 6. The van der Waals surface area contributed by atoms with Crippen molar-refractivity contribution in [2.75, 3.05) is 0 Å². The van der Waals surface area contributed by atoms with Gasteiger partial charge in [-0.2, -0.15) is 0 Å². The van der Waals surface area contributed by atoms with Crippen molar-refractivity contribution in [2.24, 2.45) is 0 Å². The maximum atomic E-state index is 10.3. The topological polar surface area (TPSA) is 57.5 Å². The van der Waals surface area contributed by atoms with Crippen LogP contribution in [0.25, 0.3) is 0 Å². The van der Waals surface area contributed by atoms with Crippen LogP contribution < -0.4 is 0 Å². The molecule has 0 aliphatic rings. The Bertz CT molecular complexity index is 392. The molecule has 0 rings (SSSR count). The zero-order chi connectivity index (χ0) is 17.2. The van der Waals surface area contributed by atoms with Crippen molar-refractivity contribution < 1.29 is 15.0 Å². The number of aliphatic carboxylic acids is 1. The minimum absolute atomic E-state index is 0.230. The summed E-state index contributed by atoms with van der Waals surface area (Å²) in [7, 11) is 0. The van der Waals surface area contributed by atoms with Crippen molar-refractivity contribution in [1.29, 1.82) is 0 Å². The van der Waals surface area contributed by atoms with E-state index in [9.17, 15) is 9.90 Å². The van der Waals surface area contributed by atoms with Gasteiger partial charge >= 0.3 is 5.97 Å². The third kappa shape index (κ3) is 18.3. The van der Waals surface area contributed by atoms with Crippen molar-refractivity contribution in [3.63, 3.8) is 0 Å². The lowest BCUT2D eigenvalue weighted by atomic mass is 10.1. The molecule has 0 aliphatic heterocycles. The molecule has 0 aromatic heterocycles. The Kier molecular flexibility index (Phi) is 15.6. The van der Waals surface area contributed by atoms with E-state index in [0.717, 1.165) is 19.3 Å². The molecule has 130 valence electrons. The Balaban J connectivity index is 3.62. The van der Waals surface area contributed by atoms with Gasteiger partial charge in [0.2, 0.25) is 0 Å². The van der Waals surface area contributed by atoms with Crippen LogP contribution in [0.2, 0.25) is 0 Å². The van der Waals surface area contributed by atoms with E-state index < -0.39 is 12.1 Å². The van der Waals surface area contributed by atoms with Crippen LogP contribution in [0.3, 0.4) is 0 Å². The molecule has 0 radical (unpaired) electrons. The normalized spacial score (nSPS) is 13.8. The minimum Gasteiger partial charge on any atom is -0.481 e. The van der Waals surface area contributed by atoms with Crippen molar-refractivity contribution in [3.8, 4) is 0 Å². The Hall–Kier alpha value is -1.61. The molecule has 0 fully saturated rings. The van der Waals surface area contributed by atoms with Crippen LogP contribution in [-0.2, 0) is 4.79 Å². The molecule has 0 amide bonds. The van der Waals surface area contributed by atoms with E-state index in [1.54, 1.807) is 6.08 Å². The monoisotopic (exact) mass is 320 g/mol. The molecule has 0 saturated heterocycles.